The van der Waals surface area contributed by atoms with Crippen molar-refractivity contribution in [3.63, 3.8) is 0 Å². The van der Waals surface area contributed by atoms with E-state index in [1.165, 1.54) is 10.4 Å². The van der Waals surface area contributed by atoms with Crippen LogP contribution in [0.25, 0.3) is 0 Å². The highest BCUT2D eigenvalue weighted by molar-refractivity contribution is 6.99. The molecule has 124 valence electrons. The van der Waals surface area contributed by atoms with E-state index in [2.05, 4.69) is 69.3 Å². The molecule has 2 aromatic rings. The van der Waals surface area contributed by atoms with Crippen molar-refractivity contribution in [3.05, 3.63) is 60.7 Å². The lowest BCUT2D eigenvalue weighted by atomic mass is 10.2. The Morgan fingerprint density at radius 2 is 1.35 bits per heavy atom. The molecule has 1 N–H and O–H groups in total. The van der Waals surface area contributed by atoms with Crippen molar-refractivity contribution in [1.29, 1.82) is 0 Å². The molecule has 0 amide bonds. The molecular formula is C20H28O2Si. The van der Waals surface area contributed by atoms with E-state index in [-0.39, 0.29) is 5.04 Å². The molecule has 0 saturated heterocycles. The molecule has 0 unspecified atom stereocenters. The Kier molecular flexibility index (Phi) is 5.79. The molecule has 1 atom stereocenters. The topological polar surface area (TPSA) is 29.5 Å². The monoisotopic (exact) mass is 328 g/mol. The molecule has 0 spiro atoms. The van der Waals surface area contributed by atoms with Crippen molar-refractivity contribution in [2.24, 2.45) is 0 Å². The molecule has 0 aliphatic carbocycles. The van der Waals surface area contributed by atoms with Gasteiger partial charge < -0.3 is 9.53 Å². The van der Waals surface area contributed by atoms with Crippen LogP contribution in [0.1, 0.15) is 34.1 Å². The van der Waals surface area contributed by atoms with E-state index >= 15 is 0 Å². The van der Waals surface area contributed by atoms with E-state index in [9.17, 15) is 5.11 Å². The lowest BCUT2D eigenvalue weighted by Crippen LogP contribution is -2.67. The number of aliphatic hydroxyl groups excluding tert-OH is 1. The largest absolute Gasteiger partial charge is 0.405 e. The summed E-state index contributed by atoms with van der Waals surface area (Å²) in [5.74, 6) is 0. The second kappa shape index (κ2) is 7.43. The van der Waals surface area contributed by atoms with Crippen LogP contribution in [0.2, 0.25) is 5.04 Å². The van der Waals surface area contributed by atoms with Gasteiger partial charge in [0.25, 0.3) is 8.32 Å². The highest BCUT2D eigenvalue weighted by Gasteiger charge is 2.50. The van der Waals surface area contributed by atoms with Crippen molar-refractivity contribution in [3.8, 4) is 0 Å². The van der Waals surface area contributed by atoms with Crippen LogP contribution >= 0.6 is 0 Å². The first kappa shape index (κ1) is 17.9. The van der Waals surface area contributed by atoms with Crippen molar-refractivity contribution in [2.45, 2.75) is 45.3 Å². The second-order valence-electron chi connectivity index (χ2n) is 7.04. The van der Waals surface area contributed by atoms with Crippen molar-refractivity contribution < 1.29 is 9.53 Å². The van der Waals surface area contributed by atoms with Gasteiger partial charge in [-0.3, -0.25) is 0 Å². The summed E-state index contributed by atoms with van der Waals surface area (Å²) in [4.78, 5) is 0. The molecule has 0 heterocycles. The Morgan fingerprint density at radius 3 is 1.70 bits per heavy atom. The normalized spacial score (nSPS) is 13.8. The van der Waals surface area contributed by atoms with Crippen LogP contribution < -0.4 is 10.4 Å². The summed E-state index contributed by atoms with van der Waals surface area (Å²) in [5, 5.41) is 12.5. The van der Waals surface area contributed by atoms with Gasteiger partial charge in [0.2, 0.25) is 0 Å². The molecule has 0 bridgehead atoms. The Bertz CT molecular complexity index is 551. The van der Waals surface area contributed by atoms with Crippen LogP contribution in [0.3, 0.4) is 0 Å². The fourth-order valence-electron chi connectivity index (χ4n) is 3.10. The molecule has 0 aliphatic heterocycles. The minimum atomic E-state index is -2.49. The van der Waals surface area contributed by atoms with E-state index in [0.29, 0.717) is 13.0 Å². The Morgan fingerprint density at radius 1 is 0.913 bits per heavy atom. The van der Waals surface area contributed by atoms with Gasteiger partial charge in [-0.2, -0.15) is 0 Å². The zero-order chi connectivity index (χ0) is 16.9. The average molecular weight is 329 g/mol. The zero-order valence-electron chi connectivity index (χ0n) is 14.6. The predicted molar refractivity (Wildman–Crippen MR) is 99.9 cm³/mol. The average Bonchev–Trinajstić information content (AvgIpc) is 2.56. The van der Waals surface area contributed by atoms with Gasteiger partial charge in [-0.25, -0.2) is 0 Å². The van der Waals surface area contributed by atoms with E-state index in [0.717, 1.165) is 0 Å². The van der Waals surface area contributed by atoms with Gasteiger partial charge in [0.15, 0.2) is 0 Å². The number of hydrogen-bond acceptors (Lipinski definition) is 2. The summed E-state index contributed by atoms with van der Waals surface area (Å²) in [6.07, 6.45) is 0.287. The molecule has 2 aromatic carbocycles. The highest BCUT2D eigenvalue weighted by atomic mass is 28.4. The summed E-state index contributed by atoms with van der Waals surface area (Å²) in [6.45, 7) is 9.11. The van der Waals surface area contributed by atoms with Gasteiger partial charge in [0, 0.05) is 0 Å². The second-order valence-corrected chi connectivity index (χ2v) is 11.3. The maximum atomic E-state index is 10.1. The molecule has 0 saturated carbocycles. The van der Waals surface area contributed by atoms with Crippen LogP contribution in [-0.4, -0.2) is 26.1 Å². The van der Waals surface area contributed by atoms with Gasteiger partial charge in [-0.05, 0) is 21.8 Å². The minimum Gasteiger partial charge on any atom is -0.405 e. The summed E-state index contributed by atoms with van der Waals surface area (Å²) in [6, 6.07) is 21.1. The zero-order valence-corrected chi connectivity index (χ0v) is 15.6. The third kappa shape index (κ3) is 3.74. The van der Waals surface area contributed by atoms with Gasteiger partial charge in [0.1, 0.15) is 0 Å². The molecule has 2 nitrogen and oxygen atoms in total. The van der Waals surface area contributed by atoms with Crippen molar-refractivity contribution in [2.75, 3.05) is 6.61 Å². The first-order valence-corrected chi connectivity index (χ1v) is 10.3. The maximum absolute atomic E-state index is 10.1. The number of aliphatic hydroxyl groups is 1. The predicted octanol–water partition coefficient (Wildman–Crippen LogP) is 3.33. The van der Waals surface area contributed by atoms with Gasteiger partial charge >= 0.3 is 0 Å². The van der Waals surface area contributed by atoms with Crippen LogP contribution in [0.4, 0.5) is 0 Å². The van der Waals surface area contributed by atoms with Crippen molar-refractivity contribution in [1.82, 2.24) is 0 Å². The summed E-state index contributed by atoms with van der Waals surface area (Å²) in [7, 11) is -2.49. The highest BCUT2D eigenvalue weighted by Crippen LogP contribution is 2.36. The molecule has 0 aromatic heterocycles. The molecule has 0 radical (unpaired) electrons. The Hall–Kier alpha value is -1.42. The molecule has 23 heavy (non-hydrogen) atoms. The van der Waals surface area contributed by atoms with Crippen molar-refractivity contribution >= 4 is 18.7 Å². The van der Waals surface area contributed by atoms with Crippen LogP contribution in [-0.2, 0) is 4.43 Å². The first-order chi connectivity index (χ1) is 10.9. The third-order valence-corrected chi connectivity index (χ3v) is 9.39. The van der Waals surface area contributed by atoms with Crippen LogP contribution in [0, 0.1) is 0 Å². The van der Waals surface area contributed by atoms with Crippen LogP contribution in [0.5, 0.6) is 0 Å². The van der Waals surface area contributed by atoms with Gasteiger partial charge in [-0.1, -0.05) is 88.4 Å². The maximum Gasteiger partial charge on any atom is 0.261 e. The SMILES string of the molecule is CC[C@H](O)CO[Si](c1ccccc1)(c1ccccc1)C(C)(C)C. The van der Waals surface area contributed by atoms with E-state index in [1.807, 2.05) is 19.1 Å². The minimum absolute atomic E-state index is 0.0385. The molecule has 2 rings (SSSR count). The summed E-state index contributed by atoms with van der Waals surface area (Å²) in [5.41, 5.74) is 0. The van der Waals surface area contributed by atoms with E-state index in [4.69, 9.17) is 4.43 Å². The smallest absolute Gasteiger partial charge is 0.261 e. The lowest BCUT2D eigenvalue weighted by Gasteiger charge is -2.43. The van der Waals surface area contributed by atoms with E-state index < -0.39 is 14.4 Å². The number of hydrogen-bond donors (Lipinski definition) is 1. The number of rotatable bonds is 6. The molecular weight excluding hydrogens is 300 g/mol. The Labute approximate surface area is 141 Å². The summed E-state index contributed by atoms with van der Waals surface area (Å²) >= 11 is 0. The quantitative estimate of drug-likeness (QED) is 0.824. The fourth-order valence-corrected chi connectivity index (χ4v) is 7.70. The standard InChI is InChI=1S/C20H28O2Si/c1-5-17(21)16-22-23(20(2,3)4,18-12-8-6-9-13-18)19-14-10-7-11-15-19/h6-15,17,21H,5,16H2,1-4H3/t17-/m0/s1. The number of benzene rings is 2. The van der Waals surface area contributed by atoms with Gasteiger partial charge in [-0.15, -0.1) is 0 Å². The fraction of sp³-hybridized carbons (Fsp3) is 0.400. The molecule has 3 heteroatoms. The molecule has 0 aliphatic rings. The molecule has 0 fully saturated rings. The first-order valence-electron chi connectivity index (χ1n) is 8.35. The Balaban J connectivity index is 2.60. The lowest BCUT2D eigenvalue weighted by molar-refractivity contribution is 0.0992. The van der Waals surface area contributed by atoms with E-state index in [1.54, 1.807) is 0 Å². The third-order valence-electron chi connectivity index (χ3n) is 4.38. The summed E-state index contributed by atoms with van der Waals surface area (Å²) < 4.78 is 6.61. The van der Waals surface area contributed by atoms with Gasteiger partial charge in [0.05, 0.1) is 12.7 Å². The van der Waals surface area contributed by atoms with Crippen LogP contribution in [0.15, 0.2) is 60.7 Å².